The maximum Gasteiger partial charge on any atom is 0.230 e. The Bertz CT molecular complexity index is 238. The SMILES string of the molecule is O=C1C[C@H]2SC(=[PH3])C=CN12. The number of hydrogen-bond acceptors (Lipinski definition) is 2. The molecule has 54 valence electrons. The zero-order chi connectivity index (χ0) is 7.14. The second-order valence-corrected chi connectivity index (χ2v) is 4.94. The first-order valence-electron chi connectivity index (χ1n) is 3.12. The van der Waals surface area contributed by atoms with E-state index in [1.54, 1.807) is 16.7 Å². The van der Waals surface area contributed by atoms with Crippen molar-refractivity contribution in [2.45, 2.75) is 11.8 Å². The summed E-state index contributed by atoms with van der Waals surface area (Å²) in [7, 11) is 1.88. The van der Waals surface area contributed by atoms with Crippen LogP contribution in [0.1, 0.15) is 6.42 Å². The lowest BCUT2D eigenvalue weighted by atomic mass is 10.2. The van der Waals surface area contributed by atoms with Gasteiger partial charge in [-0.15, -0.1) is 20.6 Å². The molecule has 0 aromatic carbocycles. The van der Waals surface area contributed by atoms with E-state index in [1.807, 2.05) is 21.1 Å². The van der Waals surface area contributed by atoms with E-state index in [2.05, 4.69) is 0 Å². The molecular formula is C6H8NOPS. The highest BCUT2D eigenvalue weighted by Gasteiger charge is 2.36. The standard InChI is InChI=1S/C6H8NOPS/c8-4-3-5-7(4)2-1-6(9)10-5/h1-2,5H,3H2,9H3/t5-/m1/s1. The first kappa shape index (κ1) is 6.56. The molecule has 2 heterocycles. The van der Waals surface area contributed by atoms with Crippen LogP contribution in [0.4, 0.5) is 0 Å². The summed E-state index contributed by atoms with van der Waals surface area (Å²) in [5.74, 6) is 0.254. The lowest BCUT2D eigenvalue weighted by molar-refractivity contribution is -0.137. The molecular weight excluding hydrogens is 165 g/mol. The number of amides is 1. The first-order chi connectivity index (χ1) is 4.77. The lowest BCUT2D eigenvalue weighted by Gasteiger charge is -2.39. The van der Waals surface area contributed by atoms with Gasteiger partial charge in [0.15, 0.2) is 0 Å². The Kier molecular flexibility index (Phi) is 1.43. The second kappa shape index (κ2) is 2.18. The van der Waals surface area contributed by atoms with Gasteiger partial charge in [-0.2, -0.15) is 0 Å². The van der Waals surface area contributed by atoms with Crippen LogP contribution in [0, 0.1) is 0 Å². The van der Waals surface area contributed by atoms with Crippen LogP contribution < -0.4 is 0 Å². The van der Waals surface area contributed by atoms with Gasteiger partial charge in [-0.3, -0.25) is 4.79 Å². The van der Waals surface area contributed by atoms with Gasteiger partial charge in [0.05, 0.1) is 11.8 Å². The molecule has 1 unspecified atom stereocenters. The average Bonchev–Trinajstić information content (AvgIpc) is 1.86. The van der Waals surface area contributed by atoms with E-state index in [-0.39, 0.29) is 5.91 Å². The minimum Gasteiger partial charge on any atom is -0.306 e. The summed E-state index contributed by atoms with van der Waals surface area (Å²) < 4.78 is 1.33. The molecule has 2 aliphatic rings. The molecule has 0 bridgehead atoms. The summed E-state index contributed by atoms with van der Waals surface area (Å²) in [6, 6.07) is 0. The fourth-order valence-electron chi connectivity index (χ4n) is 1.06. The fraction of sp³-hybridized carbons (Fsp3) is 0.333. The molecule has 10 heavy (non-hydrogen) atoms. The van der Waals surface area contributed by atoms with Crippen molar-refractivity contribution in [2.75, 3.05) is 0 Å². The van der Waals surface area contributed by atoms with Gasteiger partial charge in [-0.05, 0) is 10.7 Å². The fourth-order valence-corrected chi connectivity index (χ4v) is 2.76. The number of thioether (sulfide) groups is 1. The van der Waals surface area contributed by atoms with E-state index in [4.69, 9.17) is 0 Å². The smallest absolute Gasteiger partial charge is 0.230 e. The number of β-lactam (4-membered cyclic amide) rings is 1. The van der Waals surface area contributed by atoms with Crippen molar-refractivity contribution in [3.8, 4) is 0 Å². The highest BCUT2D eigenvalue weighted by molar-refractivity contribution is 8.18. The highest BCUT2D eigenvalue weighted by atomic mass is 32.2. The van der Waals surface area contributed by atoms with Gasteiger partial charge in [0.25, 0.3) is 0 Å². The molecule has 2 atom stereocenters. The van der Waals surface area contributed by atoms with Crippen molar-refractivity contribution in [3.05, 3.63) is 12.3 Å². The number of rotatable bonds is 0. The Morgan fingerprint density at radius 3 is 3.20 bits per heavy atom. The molecule has 1 fully saturated rings. The van der Waals surface area contributed by atoms with Crippen LogP contribution in [0.15, 0.2) is 12.3 Å². The van der Waals surface area contributed by atoms with Crippen LogP contribution in [0.3, 0.4) is 0 Å². The molecule has 2 rings (SSSR count). The third kappa shape index (κ3) is 0.850. The normalized spacial score (nSPS) is 30.4. The third-order valence-electron chi connectivity index (χ3n) is 1.66. The van der Waals surface area contributed by atoms with Crippen LogP contribution in [-0.4, -0.2) is 20.8 Å². The van der Waals surface area contributed by atoms with Gasteiger partial charge in [0, 0.05) is 6.20 Å². The van der Waals surface area contributed by atoms with Gasteiger partial charge in [-0.25, -0.2) is 0 Å². The molecule has 0 radical (unpaired) electrons. The number of fused-ring (bicyclic) bond motifs is 1. The molecule has 1 saturated heterocycles. The van der Waals surface area contributed by atoms with Crippen LogP contribution in [0.2, 0.25) is 0 Å². The number of carbonyl (C=O) groups is 1. The average molecular weight is 173 g/mol. The number of hydrogen-bond donors (Lipinski definition) is 0. The van der Waals surface area contributed by atoms with Crippen molar-refractivity contribution in [1.82, 2.24) is 4.90 Å². The minimum atomic E-state index is 0.254. The second-order valence-electron chi connectivity index (χ2n) is 2.36. The Labute approximate surface area is 65.5 Å². The van der Waals surface area contributed by atoms with E-state index >= 15 is 0 Å². The van der Waals surface area contributed by atoms with Crippen molar-refractivity contribution in [2.24, 2.45) is 0 Å². The van der Waals surface area contributed by atoms with Gasteiger partial charge < -0.3 is 4.90 Å². The van der Waals surface area contributed by atoms with E-state index < -0.39 is 0 Å². The summed E-state index contributed by atoms with van der Waals surface area (Å²) in [5, 5.41) is 0.421. The largest absolute Gasteiger partial charge is 0.306 e. The molecule has 2 nitrogen and oxygen atoms in total. The Morgan fingerprint density at radius 2 is 2.60 bits per heavy atom. The minimum absolute atomic E-state index is 0.254. The maximum atomic E-state index is 10.8. The van der Waals surface area contributed by atoms with E-state index in [1.165, 1.54) is 4.63 Å². The molecule has 0 N–H and O–H groups in total. The van der Waals surface area contributed by atoms with Crippen LogP contribution >= 0.6 is 20.6 Å². The van der Waals surface area contributed by atoms with Crippen molar-refractivity contribution in [1.29, 1.82) is 0 Å². The molecule has 0 saturated carbocycles. The summed E-state index contributed by atoms with van der Waals surface area (Å²) >= 11 is 1.79. The zero-order valence-electron chi connectivity index (χ0n) is 5.41. The summed E-state index contributed by atoms with van der Waals surface area (Å²) in [4.78, 5) is 12.6. The van der Waals surface area contributed by atoms with Gasteiger partial charge >= 0.3 is 0 Å². The molecule has 0 spiro atoms. The summed E-state index contributed by atoms with van der Waals surface area (Å²) in [6.07, 6.45) is 4.60. The Morgan fingerprint density at radius 1 is 1.80 bits per heavy atom. The number of nitrogens with zero attached hydrogens (tertiary/aromatic N) is 1. The summed E-state index contributed by atoms with van der Waals surface area (Å²) in [5.41, 5.74) is 0. The third-order valence-corrected chi connectivity index (χ3v) is 3.50. The van der Waals surface area contributed by atoms with E-state index in [0.717, 1.165) is 6.42 Å². The highest BCUT2D eigenvalue weighted by Crippen LogP contribution is 2.34. The lowest BCUT2D eigenvalue weighted by Crippen LogP contribution is -2.48. The monoisotopic (exact) mass is 173 g/mol. The van der Waals surface area contributed by atoms with Gasteiger partial charge in [0.1, 0.15) is 0 Å². The molecule has 0 aromatic heterocycles. The molecule has 1 amide bonds. The maximum absolute atomic E-state index is 10.8. The number of carbonyl (C=O) groups excluding carboxylic acids is 1. The summed E-state index contributed by atoms with van der Waals surface area (Å²) in [6.45, 7) is 0. The molecule has 2 aliphatic heterocycles. The van der Waals surface area contributed by atoms with Crippen molar-refractivity contribution in [3.63, 3.8) is 0 Å². The van der Waals surface area contributed by atoms with E-state index in [9.17, 15) is 4.79 Å². The predicted octanol–water partition coefficient (Wildman–Crippen LogP) is 0.543. The van der Waals surface area contributed by atoms with Crippen molar-refractivity contribution < 1.29 is 4.79 Å². The zero-order valence-corrected chi connectivity index (χ0v) is 7.64. The first-order valence-corrected chi connectivity index (χ1v) is 4.71. The molecule has 0 aromatic rings. The van der Waals surface area contributed by atoms with Crippen molar-refractivity contribution >= 4 is 31.2 Å². The van der Waals surface area contributed by atoms with Crippen LogP contribution in [-0.2, 0) is 4.79 Å². The van der Waals surface area contributed by atoms with Crippen LogP contribution in [0.5, 0.6) is 0 Å². The molecule has 4 heteroatoms. The van der Waals surface area contributed by atoms with Gasteiger partial charge in [0.2, 0.25) is 5.91 Å². The van der Waals surface area contributed by atoms with Crippen LogP contribution in [0.25, 0.3) is 0 Å². The topological polar surface area (TPSA) is 20.3 Å². The predicted molar refractivity (Wildman–Crippen MR) is 48.1 cm³/mol. The Balaban J connectivity index is 2.21. The van der Waals surface area contributed by atoms with E-state index in [0.29, 0.717) is 5.37 Å². The Hall–Kier alpha value is -0.140. The molecule has 0 aliphatic carbocycles. The quantitative estimate of drug-likeness (QED) is 0.393. The van der Waals surface area contributed by atoms with Gasteiger partial charge in [-0.1, -0.05) is 0 Å².